The molecule has 18 heavy (non-hydrogen) atoms. The largest absolute Gasteiger partial charge is 0.313 e. The van der Waals surface area contributed by atoms with Crippen molar-refractivity contribution in [2.24, 2.45) is 5.41 Å². The van der Waals surface area contributed by atoms with Crippen LogP contribution < -0.4 is 10.0 Å². The lowest BCUT2D eigenvalue weighted by atomic mass is 9.75. The third kappa shape index (κ3) is 4.21. The third-order valence-electron chi connectivity index (χ3n) is 4.13. The number of nitrogens with one attached hydrogen (secondary N) is 2. The van der Waals surface area contributed by atoms with Crippen LogP contribution in [0.1, 0.15) is 52.4 Å². The van der Waals surface area contributed by atoms with Gasteiger partial charge in [0.15, 0.2) is 0 Å². The molecule has 0 radical (unpaired) electrons. The molecule has 106 valence electrons. The van der Waals surface area contributed by atoms with E-state index < -0.39 is 10.0 Å². The van der Waals surface area contributed by atoms with Gasteiger partial charge in [0.1, 0.15) is 0 Å². The summed E-state index contributed by atoms with van der Waals surface area (Å²) in [5.74, 6) is 0.240. The minimum absolute atomic E-state index is 0.139. The highest BCUT2D eigenvalue weighted by molar-refractivity contribution is 7.89. The van der Waals surface area contributed by atoms with Gasteiger partial charge in [-0.3, -0.25) is 0 Å². The van der Waals surface area contributed by atoms with Crippen LogP contribution in [-0.2, 0) is 10.0 Å². The Hall–Kier alpha value is -0.130. The van der Waals surface area contributed by atoms with Crippen molar-refractivity contribution in [3.05, 3.63) is 0 Å². The lowest BCUT2D eigenvalue weighted by Crippen LogP contribution is -2.44. The van der Waals surface area contributed by atoms with Crippen molar-refractivity contribution in [3.63, 3.8) is 0 Å². The topological polar surface area (TPSA) is 58.2 Å². The Kier molecular flexibility index (Phi) is 4.34. The minimum Gasteiger partial charge on any atom is -0.313 e. The van der Waals surface area contributed by atoms with Crippen LogP contribution in [0.3, 0.4) is 0 Å². The van der Waals surface area contributed by atoms with Crippen molar-refractivity contribution < 1.29 is 8.42 Å². The first-order chi connectivity index (χ1) is 8.36. The standard InChI is InChI=1S/C13H26N2O2S/c1-13(2)7-3-5-11(9-13)15-18(16,17)10-12-6-4-8-14-12/h11-12,14-15H,3-10H2,1-2H3. The number of rotatable bonds is 4. The fourth-order valence-corrected chi connectivity index (χ4v) is 4.88. The van der Waals surface area contributed by atoms with Crippen LogP contribution in [-0.4, -0.2) is 32.8 Å². The first-order valence-corrected chi connectivity index (χ1v) is 8.75. The molecule has 0 aromatic carbocycles. The van der Waals surface area contributed by atoms with Crippen LogP contribution in [0.4, 0.5) is 0 Å². The number of hydrogen-bond donors (Lipinski definition) is 2. The predicted molar refractivity (Wildman–Crippen MR) is 74.0 cm³/mol. The molecule has 2 atom stereocenters. The van der Waals surface area contributed by atoms with Crippen LogP contribution >= 0.6 is 0 Å². The molecule has 2 N–H and O–H groups in total. The summed E-state index contributed by atoms with van der Waals surface area (Å²) in [6.45, 7) is 5.41. The maximum absolute atomic E-state index is 12.1. The summed E-state index contributed by atoms with van der Waals surface area (Å²) in [5, 5.41) is 3.25. The number of sulfonamides is 1. The van der Waals surface area contributed by atoms with Crippen LogP contribution in [0.25, 0.3) is 0 Å². The van der Waals surface area contributed by atoms with Gasteiger partial charge in [-0.15, -0.1) is 0 Å². The molecule has 1 aliphatic carbocycles. The molecule has 2 unspecified atom stereocenters. The van der Waals surface area contributed by atoms with Crippen LogP contribution in [0.2, 0.25) is 0 Å². The molecule has 1 aliphatic heterocycles. The fourth-order valence-electron chi connectivity index (χ4n) is 3.26. The zero-order chi connectivity index (χ0) is 13.2. The van der Waals surface area contributed by atoms with E-state index in [4.69, 9.17) is 0 Å². The average Bonchev–Trinajstić information content (AvgIpc) is 2.66. The summed E-state index contributed by atoms with van der Waals surface area (Å²) in [4.78, 5) is 0. The van der Waals surface area contributed by atoms with Crippen LogP contribution in [0.5, 0.6) is 0 Å². The van der Waals surface area contributed by atoms with Gasteiger partial charge in [0.2, 0.25) is 10.0 Å². The Morgan fingerprint density at radius 1 is 1.28 bits per heavy atom. The van der Waals surface area contributed by atoms with Crippen molar-refractivity contribution in [1.29, 1.82) is 0 Å². The highest BCUT2D eigenvalue weighted by Crippen LogP contribution is 2.35. The molecule has 1 heterocycles. The van der Waals surface area contributed by atoms with Crippen molar-refractivity contribution in [2.45, 2.75) is 64.5 Å². The fraction of sp³-hybridized carbons (Fsp3) is 1.00. The quantitative estimate of drug-likeness (QED) is 0.819. The summed E-state index contributed by atoms with van der Waals surface area (Å²) in [6, 6.07) is 0.291. The van der Waals surface area contributed by atoms with E-state index in [1.54, 1.807) is 0 Å². The molecule has 2 fully saturated rings. The summed E-state index contributed by atoms with van der Waals surface area (Å²) >= 11 is 0. The monoisotopic (exact) mass is 274 g/mol. The SMILES string of the molecule is CC1(C)CCCC(NS(=O)(=O)CC2CCCN2)C1. The van der Waals surface area contributed by atoms with Gasteiger partial charge in [-0.05, 0) is 44.1 Å². The van der Waals surface area contributed by atoms with Crippen LogP contribution in [0, 0.1) is 5.41 Å². The molecule has 0 aromatic heterocycles. The average molecular weight is 274 g/mol. The summed E-state index contributed by atoms with van der Waals surface area (Å²) in [5.41, 5.74) is 0.275. The van der Waals surface area contributed by atoms with Gasteiger partial charge >= 0.3 is 0 Å². The Balaban J connectivity index is 1.87. The van der Waals surface area contributed by atoms with Crippen molar-refractivity contribution in [3.8, 4) is 0 Å². The highest BCUT2D eigenvalue weighted by Gasteiger charge is 2.31. The van der Waals surface area contributed by atoms with E-state index in [0.29, 0.717) is 0 Å². The zero-order valence-corrected chi connectivity index (χ0v) is 12.4. The normalized spacial score (nSPS) is 32.6. The van der Waals surface area contributed by atoms with E-state index in [2.05, 4.69) is 23.9 Å². The molecule has 2 rings (SSSR count). The van der Waals surface area contributed by atoms with E-state index in [9.17, 15) is 8.42 Å². The van der Waals surface area contributed by atoms with Crippen molar-refractivity contribution in [1.82, 2.24) is 10.0 Å². The molecule has 0 amide bonds. The first-order valence-electron chi connectivity index (χ1n) is 7.10. The Labute approximate surface area is 111 Å². The first kappa shape index (κ1) is 14.3. The Bertz CT molecular complexity index is 372. The van der Waals surface area contributed by atoms with E-state index in [1.807, 2.05) is 0 Å². The molecule has 0 bridgehead atoms. The van der Waals surface area contributed by atoms with E-state index in [-0.39, 0.29) is 23.3 Å². The maximum atomic E-state index is 12.1. The lowest BCUT2D eigenvalue weighted by Gasteiger charge is -2.35. The Morgan fingerprint density at radius 2 is 2.06 bits per heavy atom. The molecule has 4 nitrogen and oxygen atoms in total. The molecular weight excluding hydrogens is 248 g/mol. The highest BCUT2D eigenvalue weighted by atomic mass is 32.2. The second-order valence-electron chi connectivity index (χ2n) is 6.65. The summed E-state index contributed by atoms with van der Waals surface area (Å²) in [7, 11) is -3.13. The van der Waals surface area contributed by atoms with Gasteiger partial charge in [-0.1, -0.05) is 20.3 Å². The summed E-state index contributed by atoms with van der Waals surface area (Å²) in [6.07, 6.45) is 6.36. The maximum Gasteiger partial charge on any atom is 0.213 e. The third-order valence-corrected chi connectivity index (χ3v) is 5.67. The second kappa shape index (κ2) is 5.47. The molecular formula is C13H26N2O2S. The zero-order valence-electron chi connectivity index (χ0n) is 11.5. The minimum atomic E-state index is -3.13. The van der Waals surface area contributed by atoms with Gasteiger partial charge in [-0.2, -0.15) is 0 Å². The van der Waals surface area contributed by atoms with Gasteiger partial charge < -0.3 is 5.32 Å². The smallest absolute Gasteiger partial charge is 0.213 e. The molecule has 1 saturated heterocycles. The lowest BCUT2D eigenvalue weighted by molar-refractivity contribution is 0.212. The van der Waals surface area contributed by atoms with Gasteiger partial charge in [0, 0.05) is 12.1 Å². The Morgan fingerprint density at radius 3 is 2.67 bits per heavy atom. The molecule has 0 spiro atoms. The summed E-state index contributed by atoms with van der Waals surface area (Å²) < 4.78 is 27.1. The number of hydrogen-bond acceptors (Lipinski definition) is 3. The molecule has 5 heteroatoms. The van der Waals surface area contributed by atoms with Gasteiger partial charge in [0.05, 0.1) is 5.75 Å². The van der Waals surface area contributed by atoms with Crippen molar-refractivity contribution >= 4 is 10.0 Å². The van der Waals surface area contributed by atoms with Gasteiger partial charge in [0.25, 0.3) is 0 Å². The van der Waals surface area contributed by atoms with Gasteiger partial charge in [-0.25, -0.2) is 13.1 Å². The van der Waals surface area contributed by atoms with Crippen LogP contribution in [0.15, 0.2) is 0 Å². The van der Waals surface area contributed by atoms with E-state index >= 15 is 0 Å². The molecule has 0 aromatic rings. The van der Waals surface area contributed by atoms with Crippen molar-refractivity contribution in [2.75, 3.05) is 12.3 Å². The van der Waals surface area contributed by atoms with E-state index in [1.165, 1.54) is 6.42 Å². The molecule has 2 aliphatic rings. The molecule has 1 saturated carbocycles. The second-order valence-corrected chi connectivity index (χ2v) is 8.45. The predicted octanol–water partition coefficient (Wildman–Crippen LogP) is 1.63. The van der Waals surface area contributed by atoms with E-state index in [0.717, 1.165) is 38.6 Å².